The van der Waals surface area contributed by atoms with Crippen LogP contribution in [0.4, 0.5) is 32.8 Å². The monoisotopic (exact) mass is 668 g/mol. The second-order valence-corrected chi connectivity index (χ2v) is 13.1. The summed E-state index contributed by atoms with van der Waals surface area (Å²) in [6.07, 6.45) is -8.57. The number of hydrogen-bond donors (Lipinski definition) is 2. The van der Waals surface area contributed by atoms with E-state index in [1.807, 2.05) is 0 Å². The van der Waals surface area contributed by atoms with E-state index in [4.69, 9.17) is 19.2 Å². The summed E-state index contributed by atoms with van der Waals surface area (Å²) in [5, 5.41) is 5.93. The van der Waals surface area contributed by atoms with Gasteiger partial charge in [-0.2, -0.15) is 13.2 Å². The molecule has 2 amide bonds. The van der Waals surface area contributed by atoms with E-state index in [1.54, 1.807) is 12.1 Å². The maximum Gasteiger partial charge on any atom is 0.586 e. The molecule has 1 aromatic heterocycles. The Kier molecular flexibility index (Phi) is 6.26. The fourth-order valence-electron chi connectivity index (χ4n) is 7.04. The highest BCUT2D eigenvalue weighted by atomic mass is 32.1. The molecule has 3 saturated heterocycles. The van der Waals surface area contributed by atoms with E-state index in [2.05, 4.69) is 25.0 Å². The third-order valence-corrected chi connectivity index (χ3v) is 10.4. The van der Waals surface area contributed by atoms with Gasteiger partial charge in [0.2, 0.25) is 0 Å². The first-order chi connectivity index (χ1) is 21.8. The molecule has 5 aliphatic rings. The quantitative estimate of drug-likeness (QED) is 0.356. The van der Waals surface area contributed by atoms with Crippen LogP contribution in [0.15, 0.2) is 24.3 Å². The smallest absolute Gasteiger partial charge is 0.496 e. The molecule has 4 unspecified atom stereocenters. The summed E-state index contributed by atoms with van der Waals surface area (Å²) in [4.78, 5) is 34.5. The van der Waals surface area contributed by atoms with Gasteiger partial charge in [0.15, 0.2) is 22.2 Å². The number of hydrogen-bond acceptors (Lipinski definition) is 10. The Hall–Kier alpha value is -3.96. The lowest BCUT2D eigenvalue weighted by molar-refractivity contribution is -0.286. The number of ether oxygens (including phenoxy) is 5. The molecule has 4 atom stereocenters. The molecule has 1 aliphatic carbocycles. The molecular formula is C29H25F5N4O7S. The number of carbonyl (C=O) groups excluding carboxylic acids is 2. The molecule has 0 spiro atoms. The van der Waals surface area contributed by atoms with Gasteiger partial charge in [-0.15, -0.1) is 8.78 Å². The second-order valence-electron chi connectivity index (χ2n) is 12.1. The van der Waals surface area contributed by atoms with Crippen molar-refractivity contribution in [2.45, 2.75) is 61.4 Å². The number of methoxy groups -OCH3 is 1. The summed E-state index contributed by atoms with van der Waals surface area (Å²) in [6, 6.07) is 5.60. The molecule has 4 bridgehead atoms. The van der Waals surface area contributed by atoms with Gasteiger partial charge in [-0.25, -0.2) is 4.98 Å². The van der Waals surface area contributed by atoms with Crippen molar-refractivity contribution in [1.29, 1.82) is 0 Å². The number of thiazole rings is 1. The van der Waals surface area contributed by atoms with E-state index in [0.717, 1.165) is 18.6 Å². The van der Waals surface area contributed by atoms with E-state index in [0.29, 0.717) is 28.6 Å². The average molecular weight is 669 g/mol. The molecule has 8 rings (SSSR count). The molecule has 11 nitrogen and oxygen atoms in total. The van der Waals surface area contributed by atoms with Crippen molar-refractivity contribution in [1.82, 2.24) is 10.3 Å². The zero-order chi connectivity index (χ0) is 32.2. The molecule has 4 fully saturated rings. The van der Waals surface area contributed by atoms with E-state index in [1.165, 1.54) is 18.4 Å². The van der Waals surface area contributed by atoms with Gasteiger partial charge in [0, 0.05) is 12.5 Å². The topological polar surface area (TPSA) is 120 Å². The molecule has 2 N–H and O–H groups in total. The Balaban J connectivity index is 1.13. The lowest BCUT2D eigenvalue weighted by atomic mass is 9.92. The van der Waals surface area contributed by atoms with Crippen LogP contribution in [-0.2, 0) is 9.47 Å². The number of amides is 2. The van der Waals surface area contributed by atoms with Gasteiger partial charge in [0.25, 0.3) is 11.8 Å². The summed E-state index contributed by atoms with van der Waals surface area (Å²) in [5.41, 5.74) is -3.68. The van der Waals surface area contributed by atoms with Gasteiger partial charge in [-0.1, -0.05) is 11.3 Å². The van der Waals surface area contributed by atoms with Crippen LogP contribution in [0.2, 0.25) is 0 Å². The van der Waals surface area contributed by atoms with Gasteiger partial charge in [-0.05, 0) is 37.5 Å². The van der Waals surface area contributed by atoms with Crippen LogP contribution >= 0.6 is 11.3 Å². The number of rotatable bonds is 6. The zero-order valence-corrected chi connectivity index (χ0v) is 24.8. The van der Waals surface area contributed by atoms with E-state index >= 15 is 0 Å². The number of aromatic nitrogens is 1. The molecule has 5 heterocycles. The normalized spacial score (nSPS) is 28.7. The Morgan fingerprint density at radius 2 is 1.83 bits per heavy atom. The number of alkyl halides is 5. The summed E-state index contributed by atoms with van der Waals surface area (Å²) in [6.45, 7) is 0.754. The van der Waals surface area contributed by atoms with Crippen molar-refractivity contribution in [3.05, 3.63) is 35.4 Å². The summed E-state index contributed by atoms with van der Waals surface area (Å²) < 4.78 is 95.0. The number of anilines is 2. The molecule has 17 heteroatoms. The van der Waals surface area contributed by atoms with Crippen molar-refractivity contribution in [2.75, 3.05) is 37.1 Å². The molecule has 3 aromatic rings. The summed E-state index contributed by atoms with van der Waals surface area (Å²) in [7, 11) is 1.38. The molecule has 46 heavy (non-hydrogen) atoms. The number of halogens is 5. The van der Waals surface area contributed by atoms with Crippen LogP contribution in [0.25, 0.3) is 10.2 Å². The summed E-state index contributed by atoms with van der Waals surface area (Å²) >= 11 is 1.28. The maximum absolute atomic E-state index is 14.0. The Labute approximate surface area is 260 Å². The van der Waals surface area contributed by atoms with Gasteiger partial charge in [-0.3, -0.25) is 9.59 Å². The first-order valence-corrected chi connectivity index (χ1v) is 15.2. The van der Waals surface area contributed by atoms with E-state index < -0.39 is 53.3 Å². The standard InChI is InChI=1S/C29H25F5N4O7S/c1-41-18-3-2-16-22(46-25(36-16)38-13-6-14(38)10-42-9-13)21(18)24(40)35-17-8-20-19(44-29(33,34)45-20)7-15(17)23(39)37-26-4-5-27(11-26,43-12-26)28(30,31)32/h2-3,7-8,13-14H,4-6,9-12H2,1H3,(H,35,40)(H,37,39). The number of fused-ring (bicyclic) bond motifs is 6. The van der Waals surface area contributed by atoms with Crippen LogP contribution in [0.5, 0.6) is 17.2 Å². The van der Waals surface area contributed by atoms with Gasteiger partial charge >= 0.3 is 12.5 Å². The maximum atomic E-state index is 14.0. The Bertz CT molecular complexity index is 1780. The molecular weight excluding hydrogens is 643 g/mol. The lowest BCUT2D eigenvalue weighted by Crippen LogP contribution is -2.64. The minimum atomic E-state index is -4.64. The van der Waals surface area contributed by atoms with Gasteiger partial charge in [0.05, 0.1) is 66.0 Å². The minimum Gasteiger partial charge on any atom is -0.496 e. The fourth-order valence-corrected chi connectivity index (χ4v) is 8.29. The number of carbonyl (C=O) groups is 2. The molecule has 244 valence electrons. The number of nitrogens with one attached hydrogen (secondary N) is 2. The van der Waals surface area contributed by atoms with Crippen LogP contribution in [-0.4, -0.2) is 79.4 Å². The SMILES string of the molecule is COc1ccc2nc(N3C4COCC3C4)sc2c1C(=O)Nc1cc2c(cc1C(=O)NC13CCC(C(F)(F)F)(C1)OC3)OC(F)(F)O2. The molecule has 1 saturated carbocycles. The molecule has 0 radical (unpaired) electrons. The number of morpholine rings is 1. The van der Waals surface area contributed by atoms with E-state index in [-0.39, 0.29) is 54.1 Å². The third kappa shape index (κ3) is 4.45. The largest absolute Gasteiger partial charge is 0.586 e. The van der Waals surface area contributed by atoms with E-state index in [9.17, 15) is 31.5 Å². The van der Waals surface area contributed by atoms with Crippen molar-refractivity contribution in [3.63, 3.8) is 0 Å². The van der Waals surface area contributed by atoms with Crippen LogP contribution in [0, 0.1) is 0 Å². The second kappa shape index (κ2) is 9.78. The number of nitrogens with zero attached hydrogens (tertiary/aromatic N) is 2. The van der Waals surface area contributed by atoms with Crippen LogP contribution in [0.1, 0.15) is 46.4 Å². The van der Waals surface area contributed by atoms with Crippen molar-refractivity contribution in [3.8, 4) is 17.2 Å². The minimum absolute atomic E-state index is 0.0136. The van der Waals surface area contributed by atoms with Crippen LogP contribution in [0.3, 0.4) is 0 Å². The fraction of sp³-hybridized carbons (Fsp3) is 0.483. The highest BCUT2D eigenvalue weighted by molar-refractivity contribution is 7.22. The van der Waals surface area contributed by atoms with Gasteiger partial charge in [0.1, 0.15) is 11.3 Å². The third-order valence-electron chi connectivity index (χ3n) is 9.31. The zero-order valence-electron chi connectivity index (χ0n) is 24.0. The van der Waals surface area contributed by atoms with Crippen molar-refractivity contribution >= 4 is 44.2 Å². The van der Waals surface area contributed by atoms with Crippen molar-refractivity contribution < 1.29 is 55.2 Å². The molecule has 2 aromatic carbocycles. The first-order valence-electron chi connectivity index (χ1n) is 14.4. The summed E-state index contributed by atoms with van der Waals surface area (Å²) in [5.74, 6) is -2.41. The predicted molar refractivity (Wildman–Crippen MR) is 151 cm³/mol. The van der Waals surface area contributed by atoms with Crippen LogP contribution < -0.4 is 29.7 Å². The highest BCUT2D eigenvalue weighted by Crippen LogP contribution is 2.55. The Morgan fingerprint density at radius 3 is 2.46 bits per heavy atom. The Morgan fingerprint density at radius 1 is 1.09 bits per heavy atom. The molecule has 4 aliphatic heterocycles. The number of benzene rings is 2. The van der Waals surface area contributed by atoms with Crippen molar-refractivity contribution in [2.24, 2.45) is 0 Å². The highest BCUT2D eigenvalue weighted by Gasteiger charge is 2.68. The van der Waals surface area contributed by atoms with Gasteiger partial charge < -0.3 is 39.2 Å². The predicted octanol–water partition coefficient (Wildman–Crippen LogP) is 4.84. The average Bonchev–Trinajstić information content (AvgIpc) is 3.75. The first kappa shape index (κ1) is 29.4. The lowest BCUT2D eigenvalue weighted by Gasteiger charge is -2.52.